The number of nitrogens with zero attached hydrogens (tertiary/aromatic N) is 1. The number of hydrogen-bond acceptors (Lipinski definition) is 15. The first-order valence-electron chi connectivity index (χ1n) is 25.2. The Labute approximate surface area is 454 Å². The van der Waals surface area contributed by atoms with Crippen LogP contribution in [-0.2, 0) is 57.4 Å². The molecule has 5 atom stereocenters. The van der Waals surface area contributed by atoms with Gasteiger partial charge in [-0.15, -0.1) is 0 Å². The molecular formula is C60H67ClFN3O12. The van der Waals surface area contributed by atoms with Crippen molar-refractivity contribution in [1.29, 1.82) is 0 Å². The van der Waals surface area contributed by atoms with Crippen LogP contribution in [0.3, 0.4) is 0 Å². The van der Waals surface area contributed by atoms with Gasteiger partial charge in [0.25, 0.3) is 0 Å². The molecule has 408 valence electrons. The van der Waals surface area contributed by atoms with Crippen LogP contribution >= 0.6 is 11.6 Å². The van der Waals surface area contributed by atoms with Crippen molar-refractivity contribution in [2.75, 3.05) is 22.6 Å². The molecule has 77 heavy (non-hydrogen) atoms. The summed E-state index contributed by atoms with van der Waals surface area (Å²) in [5.41, 5.74) is 1.03. The number of esters is 3. The summed E-state index contributed by atoms with van der Waals surface area (Å²) in [6, 6.07) is 41.6. The SMILES string of the molecule is CC(C)OC(=O)C1(Nc2ccccc2)C(=O)CCC1c1ccc(Cl)cc1.CC(C)OC(=O)C1(Nc2ccccc2)C(=O)CCC1c1ccc(F)cc1.COC(=O)C1N(c2ccccc2)C1(C(C)C)C(C)C.O=C=O.O=C=O. The zero-order valence-electron chi connectivity index (χ0n) is 44.8. The summed E-state index contributed by atoms with van der Waals surface area (Å²) in [4.78, 5) is 98.9. The monoisotopic (exact) mass is 1080 g/mol. The Morgan fingerprint density at radius 3 is 1.27 bits per heavy atom. The molecule has 2 aliphatic carbocycles. The maximum Gasteiger partial charge on any atom is 0.373 e. The zero-order chi connectivity index (χ0) is 57.1. The zero-order valence-corrected chi connectivity index (χ0v) is 45.5. The number of Topliss-reactive ketones (excluding diaryl/α,β-unsaturated/α-hetero) is 2. The van der Waals surface area contributed by atoms with Gasteiger partial charge in [0.1, 0.15) is 5.82 Å². The number of anilines is 3. The van der Waals surface area contributed by atoms with Crippen molar-refractivity contribution in [3.8, 4) is 0 Å². The quantitative estimate of drug-likeness (QED) is 0.0459. The maximum atomic E-state index is 13.3. The van der Waals surface area contributed by atoms with E-state index in [4.69, 9.17) is 45.0 Å². The number of ketones is 2. The second-order valence-corrected chi connectivity index (χ2v) is 20.1. The van der Waals surface area contributed by atoms with Crippen molar-refractivity contribution < 1.29 is 61.8 Å². The summed E-state index contributed by atoms with van der Waals surface area (Å²) < 4.78 is 29.3. The summed E-state index contributed by atoms with van der Waals surface area (Å²) in [5, 5.41) is 6.99. The van der Waals surface area contributed by atoms with Crippen LogP contribution < -0.4 is 15.5 Å². The Hall–Kier alpha value is -7.77. The number of para-hydroxylation sites is 3. The molecule has 5 aromatic carbocycles. The van der Waals surface area contributed by atoms with Crippen molar-refractivity contribution in [2.45, 2.75) is 128 Å². The fourth-order valence-electron chi connectivity index (χ4n) is 10.6. The highest BCUT2D eigenvalue weighted by molar-refractivity contribution is 6.30. The minimum atomic E-state index is -1.51. The Morgan fingerprint density at radius 2 is 0.935 bits per heavy atom. The van der Waals surface area contributed by atoms with Gasteiger partial charge in [0.15, 0.2) is 17.6 Å². The lowest BCUT2D eigenvalue weighted by molar-refractivity contribution is -0.193. The van der Waals surface area contributed by atoms with E-state index in [-0.39, 0.29) is 71.8 Å². The minimum absolute atomic E-state index is 0.131. The third-order valence-corrected chi connectivity index (χ3v) is 14.0. The van der Waals surface area contributed by atoms with Crippen LogP contribution in [0.5, 0.6) is 0 Å². The van der Waals surface area contributed by atoms with E-state index >= 15 is 0 Å². The molecule has 5 unspecified atom stereocenters. The van der Waals surface area contributed by atoms with Crippen LogP contribution in [0.2, 0.25) is 5.02 Å². The van der Waals surface area contributed by atoms with Crippen molar-refractivity contribution in [3.05, 3.63) is 161 Å². The molecule has 17 heteroatoms. The highest BCUT2D eigenvalue weighted by atomic mass is 35.5. The van der Waals surface area contributed by atoms with Crippen LogP contribution in [0.25, 0.3) is 0 Å². The molecule has 0 amide bonds. The molecule has 0 spiro atoms. The number of carbonyl (C=O) groups excluding carboxylic acids is 9. The van der Waals surface area contributed by atoms with E-state index in [2.05, 4.69) is 55.4 Å². The van der Waals surface area contributed by atoms with Gasteiger partial charge in [0.05, 0.1) is 24.9 Å². The smallest absolute Gasteiger partial charge is 0.373 e. The number of carbonyl (C=O) groups is 5. The number of methoxy groups -OCH3 is 1. The Morgan fingerprint density at radius 1 is 0.584 bits per heavy atom. The standard InChI is InChI=1S/C21H22ClNO3.C21H22FNO3.C16H23NO2.2CO2/c2*1-14(2)26-20(25)21(23-17-6-4-3-5-7-17)18(12-13-19(21)24)15-8-10-16(22)11-9-15;1-11(2)16(12(3)4)14(15(18)19-5)17(16)13-9-7-6-8-10-13;2*2-1-3/h2*3-11,14,18,23H,12-13H2,1-2H3;6-12,14H,1-5H3;;. The van der Waals surface area contributed by atoms with Crippen LogP contribution in [0.4, 0.5) is 21.5 Å². The Kier molecular flexibility index (Phi) is 22.8. The summed E-state index contributed by atoms with van der Waals surface area (Å²) in [5.74, 6) is -1.94. The van der Waals surface area contributed by atoms with Crippen LogP contribution in [0.15, 0.2) is 140 Å². The molecule has 3 aliphatic rings. The lowest BCUT2D eigenvalue weighted by Crippen LogP contribution is -2.55. The summed E-state index contributed by atoms with van der Waals surface area (Å²) in [6.07, 6.45) is 1.50. The normalized spacial score (nSPS) is 20.5. The number of hydrogen-bond donors (Lipinski definition) is 2. The molecular weight excluding hydrogens is 1010 g/mol. The average Bonchev–Trinajstić information content (AvgIpc) is 3.89. The fourth-order valence-corrected chi connectivity index (χ4v) is 10.7. The lowest BCUT2D eigenvalue weighted by Gasteiger charge is -2.34. The molecule has 0 aromatic heterocycles. The maximum absolute atomic E-state index is 13.3. The number of ether oxygens (including phenoxy) is 3. The molecule has 0 radical (unpaired) electrons. The second-order valence-electron chi connectivity index (χ2n) is 19.6. The van der Waals surface area contributed by atoms with Gasteiger partial charge in [-0.05, 0) is 124 Å². The van der Waals surface area contributed by atoms with E-state index in [1.807, 2.05) is 78.9 Å². The molecule has 8 rings (SSSR count). The largest absolute Gasteiger partial charge is 0.467 e. The summed E-state index contributed by atoms with van der Waals surface area (Å²) >= 11 is 6.01. The Balaban J connectivity index is 0.000000240. The third kappa shape index (κ3) is 14.4. The average molecular weight is 1080 g/mol. The fraction of sp³-hybridized carbons (Fsp3) is 0.383. The number of benzene rings is 5. The van der Waals surface area contributed by atoms with E-state index in [9.17, 15) is 28.4 Å². The molecule has 5 aromatic rings. The van der Waals surface area contributed by atoms with Gasteiger partial charge in [-0.1, -0.05) is 118 Å². The van der Waals surface area contributed by atoms with Crippen LogP contribution in [-0.4, -0.2) is 83.8 Å². The molecule has 2 N–H and O–H groups in total. The van der Waals surface area contributed by atoms with E-state index in [0.29, 0.717) is 47.5 Å². The van der Waals surface area contributed by atoms with Gasteiger partial charge < -0.3 is 29.7 Å². The van der Waals surface area contributed by atoms with Crippen molar-refractivity contribution in [1.82, 2.24) is 0 Å². The molecule has 1 heterocycles. The van der Waals surface area contributed by atoms with Gasteiger partial charge >= 0.3 is 30.2 Å². The van der Waals surface area contributed by atoms with Crippen molar-refractivity contribution in [2.24, 2.45) is 11.8 Å². The Bertz CT molecular complexity index is 2650. The van der Waals surface area contributed by atoms with Gasteiger partial charge in [0.2, 0.25) is 11.1 Å². The predicted octanol–water partition coefficient (Wildman–Crippen LogP) is 10.6. The van der Waals surface area contributed by atoms with E-state index < -0.39 is 28.9 Å². The van der Waals surface area contributed by atoms with E-state index in [0.717, 1.165) is 16.8 Å². The minimum Gasteiger partial charge on any atom is -0.467 e. The first-order valence-corrected chi connectivity index (χ1v) is 25.6. The van der Waals surface area contributed by atoms with Crippen LogP contribution in [0, 0.1) is 17.7 Å². The van der Waals surface area contributed by atoms with Gasteiger partial charge in [-0.2, -0.15) is 19.2 Å². The van der Waals surface area contributed by atoms with Crippen LogP contribution in [0.1, 0.15) is 104 Å². The lowest BCUT2D eigenvalue weighted by atomic mass is 9.81. The molecule has 1 saturated heterocycles. The first kappa shape index (κ1) is 61.8. The molecule has 1 aliphatic heterocycles. The third-order valence-electron chi connectivity index (χ3n) is 13.7. The highest BCUT2D eigenvalue weighted by Crippen LogP contribution is 2.55. The summed E-state index contributed by atoms with van der Waals surface area (Å²) in [7, 11) is 1.47. The number of halogens is 2. The van der Waals surface area contributed by atoms with Gasteiger partial charge in [-0.25, -0.2) is 18.8 Å². The predicted molar refractivity (Wildman–Crippen MR) is 287 cm³/mol. The second kappa shape index (κ2) is 28.4. The molecule has 15 nitrogen and oxygen atoms in total. The van der Waals surface area contributed by atoms with E-state index in [1.165, 1.54) is 19.2 Å². The molecule has 3 fully saturated rings. The van der Waals surface area contributed by atoms with Gasteiger partial charge in [-0.3, -0.25) is 9.59 Å². The number of nitrogens with one attached hydrogen (secondary N) is 2. The highest BCUT2D eigenvalue weighted by Gasteiger charge is 2.70. The topological polar surface area (TPSA) is 208 Å². The molecule has 0 bridgehead atoms. The number of rotatable bonds is 14. The van der Waals surface area contributed by atoms with E-state index in [1.54, 1.807) is 64.1 Å². The van der Waals surface area contributed by atoms with Crippen molar-refractivity contribution >= 4 is 70.4 Å². The first-order chi connectivity index (χ1) is 36.7. The molecule has 2 saturated carbocycles. The van der Waals surface area contributed by atoms with Gasteiger partial charge in [0, 0.05) is 46.8 Å². The van der Waals surface area contributed by atoms with Crippen molar-refractivity contribution in [3.63, 3.8) is 0 Å². The summed E-state index contributed by atoms with van der Waals surface area (Å²) in [6.45, 7) is 15.8.